The number of hydrogen-bond acceptors (Lipinski definition) is 2. The summed E-state index contributed by atoms with van der Waals surface area (Å²) in [7, 11) is 0. The van der Waals surface area contributed by atoms with E-state index in [9.17, 15) is 0 Å². The van der Waals surface area contributed by atoms with Crippen LogP contribution in [0, 0.1) is 11.8 Å². The van der Waals surface area contributed by atoms with Gasteiger partial charge >= 0.3 is 0 Å². The molecular formula is C13H23NO. The molecule has 1 rings (SSSR count). The van der Waals surface area contributed by atoms with Crippen LogP contribution in [0.4, 0.5) is 0 Å². The van der Waals surface area contributed by atoms with Crippen molar-refractivity contribution in [1.82, 2.24) is 0 Å². The second-order valence-corrected chi connectivity index (χ2v) is 4.40. The fourth-order valence-electron chi connectivity index (χ4n) is 2.21. The zero-order chi connectivity index (χ0) is 11.1. The van der Waals surface area contributed by atoms with E-state index in [2.05, 4.69) is 25.6 Å². The SMILES string of the molecule is C=CCON=C1CCCCC1C(C)CC. The summed E-state index contributed by atoms with van der Waals surface area (Å²) in [5.41, 5.74) is 1.28. The summed E-state index contributed by atoms with van der Waals surface area (Å²) in [6, 6.07) is 0. The molecule has 2 unspecified atom stereocenters. The highest BCUT2D eigenvalue weighted by atomic mass is 16.6. The predicted octanol–water partition coefficient (Wildman–Crippen LogP) is 3.78. The lowest BCUT2D eigenvalue weighted by Crippen LogP contribution is -2.25. The van der Waals surface area contributed by atoms with E-state index in [4.69, 9.17) is 4.84 Å². The number of hydrogen-bond donors (Lipinski definition) is 0. The molecule has 0 aromatic heterocycles. The maximum absolute atomic E-state index is 5.22. The lowest BCUT2D eigenvalue weighted by molar-refractivity contribution is 0.168. The largest absolute Gasteiger partial charge is 0.392 e. The maximum atomic E-state index is 5.22. The van der Waals surface area contributed by atoms with Crippen LogP contribution < -0.4 is 0 Å². The van der Waals surface area contributed by atoms with Crippen molar-refractivity contribution in [2.45, 2.75) is 46.0 Å². The van der Waals surface area contributed by atoms with E-state index in [0.717, 1.165) is 12.3 Å². The van der Waals surface area contributed by atoms with Crippen molar-refractivity contribution < 1.29 is 4.84 Å². The quantitative estimate of drug-likeness (QED) is 0.383. The van der Waals surface area contributed by atoms with Crippen LogP contribution in [0.1, 0.15) is 46.0 Å². The third kappa shape index (κ3) is 3.69. The van der Waals surface area contributed by atoms with Crippen molar-refractivity contribution >= 4 is 5.71 Å². The molecule has 0 N–H and O–H groups in total. The second kappa shape index (κ2) is 6.65. The van der Waals surface area contributed by atoms with Crippen LogP contribution in [-0.2, 0) is 4.84 Å². The number of rotatable bonds is 5. The second-order valence-electron chi connectivity index (χ2n) is 4.40. The van der Waals surface area contributed by atoms with Crippen molar-refractivity contribution in [2.75, 3.05) is 6.61 Å². The van der Waals surface area contributed by atoms with Gasteiger partial charge in [-0.05, 0) is 25.2 Å². The Balaban J connectivity index is 2.56. The molecule has 0 bridgehead atoms. The Labute approximate surface area is 93.4 Å². The van der Waals surface area contributed by atoms with Crippen molar-refractivity contribution in [1.29, 1.82) is 0 Å². The van der Waals surface area contributed by atoms with Gasteiger partial charge in [0, 0.05) is 5.92 Å². The van der Waals surface area contributed by atoms with Gasteiger partial charge in [0.2, 0.25) is 0 Å². The molecule has 0 aromatic carbocycles. The normalized spacial score (nSPS) is 26.3. The van der Waals surface area contributed by atoms with Gasteiger partial charge in [0.05, 0.1) is 5.71 Å². The molecule has 0 aliphatic heterocycles. The summed E-state index contributed by atoms with van der Waals surface area (Å²) in [6.07, 6.45) is 7.98. The first-order valence-corrected chi connectivity index (χ1v) is 6.09. The Morgan fingerprint density at radius 2 is 2.40 bits per heavy atom. The van der Waals surface area contributed by atoms with E-state index in [1.165, 1.54) is 31.4 Å². The summed E-state index contributed by atoms with van der Waals surface area (Å²) in [5, 5.41) is 4.27. The molecule has 0 heterocycles. The van der Waals surface area contributed by atoms with Gasteiger partial charge in [-0.1, -0.05) is 44.5 Å². The summed E-state index contributed by atoms with van der Waals surface area (Å²) < 4.78 is 0. The van der Waals surface area contributed by atoms with Gasteiger partial charge in [-0.3, -0.25) is 0 Å². The highest BCUT2D eigenvalue weighted by molar-refractivity contribution is 5.87. The average Bonchev–Trinajstić information content (AvgIpc) is 2.29. The average molecular weight is 209 g/mol. The molecule has 86 valence electrons. The van der Waals surface area contributed by atoms with Crippen LogP contribution in [0.25, 0.3) is 0 Å². The molecule has 0 radical (unpaired) electrons. The van der Waals surface area contributed by atoms with E-state index >= 15 is 0 Å². The molecule has 1 saturated carbocycles. The molecular weight excluding hydrogens is 186 g/mol. The summed E-state index contributed by atoms with van der Waals surface area (Å²) in [4.78, 5) is 5.22. The first-order valence-electron chi connectivity index (χ1n) is 6.09. The zero-order valence-corrected chi connectivity index (χ0v) is 10.0. The first-order chi connectivity index (χ1) is 7.29. The third-order valence-electron chi connectivity index (χ3n) is 3.33. The van der Waals surface area contributed by atoms with Gasteiger partial charge in [-0.15, -0.1) is 0 Å². The first kappa shape index (κ1) is 12.3. The van der Waals surface area contributed by atoms with E-state index in [1.807, 2.05) is 0 Å². The fraction of sp³-hybridized carbons (Fsp3) is 0.769. The molecule has 0 saturated heterocycles. The van der Waals surface area contributed by atoms with Crippen molar-refractivity contribution in [3.63, 3.8) is 0 Å². The molecule has 2 nitrogen and oxygen atoms in total. The van der Waals surface area contributed by atoms with Crippen molar-refractivity contribution in [3.8, 4) is 0 Å². The minimum Gasteiger partial charge on any atom is -0.392 e. The van der Waals surface area contributed by atoms with Gasteiger partial charge in [-0.2, -0.15) is 0 Å². The summed E-state index contributed by atoms with van der Waals surface area (Å²) >= 11 is 0. The molecule has 0 amide bonds. The zero-order valence-electron chi connectivity index (χ0n) is 10.0. The highest BCUT2D eigenvalue weighted by Crippen LogP contribution is 2.29. The number of nitrogens with zero attached hydrogens (tertiary/aromatic N) is 1. The monoisotopic (exact) mass is 209 g/mol. The standard InChI is InChI=1S/C13H23NO/c1-4-10-15-14-13-9-7-6-8-12(13)11(3)5-2/h4,11-12H,1,5-10H2,2-3H3. The lowest BCUT2D eigenvalue weighted by Gasteiger charge is -2.28. The van der Waals surface area contributed by atoms with Gasteiger partial charge in [0.15, 0.2) is 0 Å². The third-order valence-corrected chi connectivity index (χ3v) is 3.33. The minimum absolute atomic E-state index is 0.525. The Morgan fingerprint density at radius 1 is 1.60 bits per heavy atom. The van der Waals surface area contributed by atoms with Gasteiger partial charge in [0.25, 0.3) is 0 Å². The molecule has 0 aromatic rings. The van der Waals surface area contributed by atoms with Crippen LogP contribution in [0.2, 0.25) is 0 Å². The Bertz CT molecular complexity index is 223. The van der Waals surface area contributed by atoms with E-state index < -0.39 is 0 Å². The minimum atomic E-state index is 0.525. The van der Waals surface area contributed by atoms with Gasteiger partial charge in [-0.25, -0.2) is 0 Å². The Kier molecular flexibility index (Phi) is 5.44. The number of oxime groups is 1. The van der Waals surface area contributed by atoms with E-state index in [0.29, 0.717) is 12.5 Å². The topological polar surface area (TPSA) is 21.6 Å². The molecule has 15 heavy (non-hydrogen) atoms. The smallest absolute Gasteiger partial charge is 0.135 e. The van der Waals surface area contributed by atoms with Crippen LogP contribution in [-0.4, -0.2) is 12.3 Å². The Hall–Kier alpha value is -0.790. The van der Waals surface area contributed by atoms with E-state index in [-0.39, 0.29) is 0 Å². The highest BCUT2D eigenvalue weighted by Gasteiger charge is 2.25. The molecule has 2 atom stereocenters. The molecule has 1 aliphatic carbocycles. The van der Waals surface area contributed by atoms with Gasteiger partial charge in [0.1, 0.15) is 6.61 Å². The van der Waals surface area contributed by atoms with Crippen LogP contribution in [0.15, 0.2) is 17.8 Å². The fourth-order valence-corrected chi connectivity index (χ4v) is 2.21. The molecule has 0 spiro atoms. The lowest BCUT2D eigenvalue weighted by atomic mass is 9.78. The molecule has 2 heteroatoms. The van der Waals surface area contributed by atoms with Crippen molar-refractivity contribution in [3.05, 3.63) is 12.7 Å². The van der Waals surface area contributed by atoms with Crippen LogP contribution >= 0.6 is 0 Å². The van der Waals surface area contributed by atoms with E-state index in [1.54, 1.807) is 6.08 Å². The van der Waals surface area contributed by atoms with Crippen molar-refractivity contribution in [2.24, 2.45) is 17.0 Å². The predicted molar refractivity (Wildman–Crippen MR) is 65.0 cm³/mol. The van der Waals surface area contributed by atoms with Crippen LogP contribution in [0.3, 0.4) is 0 Å². The maximum Gasteiger partial charge on any atom is 0.135 e. The summed E-state index contributed by atoms with van der Waals surface area (Å²) in [6.45, 7) is 8.71. The summed E-state index contributed by atoms with van der Waals surface area (Å²) in [5.74, 6) is 1.38. The molecule has 1 aliphatic rings. The van der Waals surface area contributed by atoms with Gasteiger partial charge < -0.3 is 4.84 Å². The van der Waals surface area contributed by atoms with Crippen LogP contribution in [0.5, 0.6) is 0 Å². The Morgan fingerprint density at radius 3 is 3.07 bits per heavy atom. The molecule has 1 fully saturated rings.